The molecule has 1 N–H and O–H groups in total. The molecule has 0 unspecified atom stereocenters. The van der Waals surface area contributed by atoms with E-state index in [0.29, 0.717) is 5.75 Å². The zero-order valence-electron chi connectivity index (χ0n) is 18.5. The number of methoxy groups -OCH3 is 1. The highest BCUT2D eigenvalue weighted by Gasteiger charge is 2.52. The molecule has 1 saturated heterocycles. The molecule has 0 aromatic heterocycles. The smallest absolute Gasteiger partial charge is 0.303 e. The molecule has 1 aliphatic heterocycles. The van der Waals surface area contributed by atoms with Gasteiger partial charge in [-0.1, -0.05) is 12.1 Å². The first-order valence-electron chi connectivity index (χ1n) is 9.82. The number of nitrogens with one attached hydrogen (secondary N) is 1. The van der Waals surface area contributed by atoms with Crippen LogP contribution in [0.15, 0.2) is 24.3 Å². The first-order valence-corrected chi connectivity index (χ1v) is 9.82. The Bertz CT molecular complexity index is 842. The van der Waals surface area contributed by atoms with Crippen LogP contribution in [0.1, 0.15) is 27.7 Å². The molecule has 11 heteroatoms. The summed E-state index contributed by atoms with van der Waals surface area (Å²) in [6, 6.07) is 5.65. The van der Waals surface area contributed by atoms with Crippen molar-refractivity contribution in [1.29, 1.82) is 0 Å². The molecule has 11 nitrogen and oxygen atoms in total. The number of ether oxygens (including phenoxy) is 6. The van der Waals surface area contributed by atoms with E-state index < -0.39 is 54.5 Å². The average molecular weight is 453 g/mol. The third-order valence-electron chi connectivity index (χ3n) is 4.38. The largest absolute Gasteiger partial charge is 0.493 e. The van der Waals surface area contributed by atoms with Crippen LogP contribution in [0.2, 0.25) is 0 Å². The minimum atomic E-state index is -1.22. The third-order valence-corrected chi connectivity index (χ3v) is 4.38. The maximum Gasteiger partial charge on any atom is 0.303 e. The van der Waals surface area contributed by atoms with Crippen LogP contribution in [0.5, 0.6) is 11.5 Å². The lowest BCUT2D eigenvalue weighted by Gasteiger charge is -2.44. The minimum Gasteiger partial charge on any atom is -0.493 e. The van der Waals surface area contributed by atoms with Gasteiger partial charge >= 0.3 is 17.9 Å². The standard InChI is InChI=1S/C21H27NO10/c1-11(23)22-18-20(30-14(4)26)19(29-13(3)25)17(10-28-12(2)24)32-21(18)31-16-9-7-6-8-15(16)27-5/h6-9,17-21H,10H2,1-5H3,(H,22,23)/t17-,18-,19+,20-,21-/m1/s1. The van der Waals surface area contributed by atoms with E-state index in [0.717, 1.165) is 0 Å². The van der Waals surface area contributed by atoms with Gasteiger partial charge in [0.15, 0.2) is 23.7 Å². The van der Waals surface area contributed by atoms with E-state index in [1.165, 1.54) is 34.8 Å². The second kappa shape index (κ2) is 11.3. The number of carbonyl (C=O) groups is 4. The predicted molar refractivity (Wildman–Crippen MR) is 108 cm³/mol. The maximum atomic E-state index is 11.9. The fourth-order valence-corrected chi connectivity index (χ4v) is 3.23. The van der Waals surface area contributed by atoms with E-state index in [-0.39, 0.29) is 12.4 Å². The number of para-hydroxylation sites is 2. The van der Waals surface area contributed by atoms with Gasteiger partial charge in [-0.2, -0.15) is 0 Å². The highest BCUT2D eigenvalue weighted by Crippen LogP contribution is 2.32. The normalized spacial score (nSPS) is 24.6. The van der Waals surface area contributed by atoms with Gasteiger partial charge in [-0.3, -0.25) is 19.2 Å². The van der Waals surface area contributed by atoms with Crippen molar-refractivity contribution < 1.29 is 47.6 Å². The molecule has 1 amide bonds. The van der Waals surface area contributed by atoms with Crippen LogP contribution >= 0.6 is 0 Å². The summed E-state index contributed by atoms with van der Waals surface area (Å²) < 4.78 is 33.0. The first kappa shape index (κ1) is 24.9. The predicted octanol–water partition coefficient (Wildman–Crippen LogP) is 0.730. The van der Waals surface area contributed by atoms with Crippen molar-refractivity contribution >= 4 is 23.8 Å². The zero-order chi connectivity index (χ0) is 23.8. The molecule has 0 bridgehead atoms. The van der Waals surface area contributed by atoms with Gasteiger partial charge in [-0.05, 0) is 12.1 Å². The van der Waals surface area contributed by atoms with Crippen molar-refractivity contribution in [1.82, 2.24) is 5.32 Å². The summed E-state index contributed by atoms with van der Waals surface area (Å²) in [5.74, 6) is -1.76. The van der Waals surface area contributed by atoms with Crippen LogP contribution in [-0.2, 0) is 38.1 Å². The Morgan fingerprint density at radius 1 is 0.906 bits per heavy atom. The summed E-state index contributed by atoms with van der Waals surface area (Å²) in [7, 11) is 1.46. The van der Waals surface area contributed by atoms with Gasteiger partial charge < -0.3 is 33.7 Å². The molecular weight excluding hydrogens is 426 g/mol. The van der Waals surface area contributed by atoms with Crippen molar-refractivity contribution in [2.45, 2.75) is 58.3 Å². The van der Waals surface area contributed by atoms with Crippen LogP contribution < -0.4 is 14.8 Å². The van der Waals surface area contributed by atoms with Crippen LogP contribution in [0.4, 0.5) is 0 Å². The Morgan fingerprint density at radius 3 is 2.03 bits per heavy atom. The SMILES string of the molecule is COc1ccccc1O[C@@H]1O[C@H](COC(C)=O)[C@H](OC(C)=O)[C@H](OC(C)=O)[C@H]1NC(C)=O. The number of hydrogen-bond acceptors (Lipinski definition) is 10. The van der Waals surface area contributed by atoms with Crippen molar-refractivity contribution in [3.05, 3.63) is 24.3 Å². The number of hydrogen-bond donors (Lipinski definition) is 1. The Labute approximate surface area is 185 Å². The summed E-state index contributed by atoms with van der Waals surface area (Å²) >= 11 is 0. The quantitative estimate of drug-likeness (QED) is 0.443. The summed E-state index contributed by atoms with van der Waals surface area (Å²) in [6.07, 6.45) is -4.66. The Morgan fingerprint density at radius 2 is 1.50 bits per heavy atom. The van der Waals surface area contributed by atoms with Crippen molar-refractivity contribution in [2.24, 2.45) is 0 Å². The van der Waals surface area contributed by atoms with Crippen LogP contribution in [0.25, 0.3) is 0 Å². The lowest BCUT2D eigenvalue weighted by Crippen LogP contribution is -2.67. The lowest BCUT2D eigenvalue weighted by atomic mass is 9.96. The summed E-state index contributed by atoms with van der Waals surface area (Å²) in [4.78, 5) is 46.9. The molecule has 1 aromatic carbocycles. The van der Waals surface area contributed by atoms with Gasteiger partial charge in [0, 0.05) is 27.7 Å². The Hall–Kier alpha value is -3.34. The molecule has 1 fully saturated rings. The monoisotopic (exact) mass is 453 g/mol. The second-order valence-corrected chi connectivity index (χ2v) is 6.99. The molecule has 176 valence electrons. The van der Waals surface area contributed by atoms with Gasteiger partial charge in [-0.15, -0.1) is 0 Å². The molecule has 5 atom stereocenters. The fraction of sp³-hybridized carbons (Fsp3) is 0.524. The van der Waals surface area contributed by atoms with Crippen molar-refractivity contribution in [3.63, 3.8) is 0 Å². The van der Waals surface area contributed by atoms with E-state index in [4.69, 9.17) is 28.4 Å². The molecule has 0 saturated carbocycles. The Balaban J connectivity index is 2.48. The van der Waals surface area contributed by atoms with Crippen molar-refractivity contribution in [3.8, 4) is 11.5 Å². The molecule has 32 heavy (non-hydrogen) atoms. The van der Waals surface area contributed by atoms with Gasteiger partial charge in [0.1, 0.15) is 18.8 Å². The van der Waals surface area contributed by atoms with E-state index in [1.807, 2.05) is 0 Å². The molecule has 1 aromatic rings. The lowest BCUT2D eigenvalue weighted by molar-refractivity contribution is -0.257. The highest BCUT2D eigenvalue weighted by molar-refractivity contribution is 5.73. The Kier molecular flexibility index (Phi) is 8.82. The topological polar surface area (TPSA) is 136 Å². The number of amides is 1. The molecule has 2 rings (SSSR count). The van der Waals surface area contributed by atoms with E-state index in [1.54, 1.807) is 24.3 Å². The van der Waals surface area contributed by atoms with Crippen molar-refractivity contribution in [2.75, 3.05) is 13.7 Å². The van der Waals surface area contributed by atoms with Crippen LogP contribution in [0, 0.1) is 0 Å². The summed E-state index contributed by atoms with van der Waals surface area (Å²) in [5.41, 5.74) is 0. The molecule has 1 heterocycles. The first-order chi connectivity index (χ1) is 15.1. The molecule has 0 radical (unpaired) electrons. The number of esters is 3. The fourth-order valence-electron chi connectivity index (χ4n) is 3.23. The van der Waals surface area contributed by atoms with Crippen LogP contribution in [0.3, 0.4) is 0 Å². The van der Waals surface area contributed by atoms with Gasteiger partial charge in [0.05, 0.1) is 7.11 Å². The van der Waals surface area contributed by atoms with Gasteiger partial charge in [0.25, 0.3) is 0 Å². The molecule has 0 aliphatic carbocycles. The average Bonchev–Trinajstić information content (AvgIpc) is 2.70. The maximum absolute atomic E-state index is 11.9. The summed E-state index contributed by atoms with van der Waals surface area (Å²) in [5, 5.41) is 2.63. The van der Waals surface area contributed by atoms with Crippen LogP contribution in [-0.4, -0.2) is 68.2 Å². The summed E-state index contributed by atoms with van der Waals surface area (Å²) in [6.45, 7) is 4.48. The molecule has 1 aliphatic rings. The molecular formula is C21H27NO10. The zero-order valence-corrected chi connectivity index (χ0v) is 18.5. The van der Waals surface area contributed by atoms with E-state index in [9.17, 15) is 19.2 Å². The number of benzene rings is 1. The van der Waals surface area contributed by atoms with Gasteiger partial charge in [-0.25, -0.2) is 0 Å². The second-order valence-electron chi connectivity index (χ2n) is 6.99. The highest BCUT2D eigenvalue weighted by atomic mass is 16.7. The molecule has 0 spiro atoms. The number of carbonyl (C=O) groups excluding carboxylic acids is 4. The third kappa shape index (κ3) is 6.84. The van der Waals surface area contributed by atoms with E-state index >= 15 is 0 Å². The number of rotatable bonds is 8. The minimum absolute atomic E-state index is 0.286. The van der Waals surface area contributed by atoms with E-state index in [2.05, 4.69) is 5.32 Å². The van der Waals surface area contributed by atoms with Gasteiger partial charge in [0.2, 0.25) is 12.2 Å².